The number of aromatic amines is 1. The minimum absolute atomic E-state index is 0.413. The third-order valence-corrected chi connectivity index (χ3v) is 3.99. The summed E-state index contributed by atoms with van der Waals surface area (Å²) in [6, 6.07) is 8.21. The van der Waals surface area contributed by atoms with Crippen LogP contribution in [-0.2, 0) is 19.8 Å². The molecule has 25 heavy (non-hydrogen) atoms. The van der Waals surface area contributed by atoms with Crippen molar-refractivity contribution in [2.75, 3.05) is 5.32 Å². The van der Waals surface area contributed by atoms with Gasteiger partial charge in [-0.25, -0.2) is 4.98 Å². The summed E-state index contributed by atoms with van der Waals surface area (Å²) in [5, 5.41) is 6.76. The van der Waals surface area contributed by atoms with Crippen molar-refractivity contribution in [1.29, 1.82) is 0 Å². The van der Waals surface area contributed by atoms with E-state index < -0.39 is 11.9 Å². The number of benzene rings is 1. The molecule has 0 amide bonds. The van der Waals surface area contributed by atoms with Crippen LogP contribution in [0.15, 0.2) is 30.3 Å². The van der Waals surface area contributed by atoms with Gasteiger partial charge in [0, 0.05) is 18.4 Å². The molecule has 0 spiro atoms. The number of anilines is 1. The zero-order valence-corrected chi connectivity index (χ0v) is 14.1. The molecule has 132 valence electrons. The van der Waals surface area contributed by atoms with E-state index in [9.17, 15) is 13.2 Å². The smallest absolute Gasteiger partial charge is 0.378 e. The van der Waals surface area contributed by atoms with Crippen LogP contribution in [0.3, 0.4) is 0 Å². The van der Waals surface area contributed by atoms with Crippen molar-refractivity contribution in [2.24, 2.45) is 7.05 Å². The van der Waals surface area contributed by atoms with E-state index in [0.717, 1.165) is 29.0 Å². The van der Waals surface area contributed by atoms with E-state index in [4.69, 9.17) is 0 Å². The van der Waals surface area contributed by atoms with Gasteiger partial charge < -0.3 is 10.3 Å². The topological polar surface area (TPSA) is 58.5 Å². The fourth-order valence-electron chi connectivity index (χ4n) is 2.53. The van der Waals surface area contributed by atoms with Crippen LogP contribution in [0.4, 0.5) is 18.9 Å². The number of imidazole rings is 1. The molecule has 2 aromatic heterocycles. The highest BCUT2D eigenvalue weighted by Gasteiger charge is 2.34. The van der Waals surface area contributed by atoms with Gasteiger partial charge in [-0.3, -0.25) is 4.68 Å². The third-order valence-electron chi connectivity index (χ3n) is 3.99. The molecule has 0 fully saturated rings. The first-order chi connectivity index (χ1) is 11.7. The Morgan fingerprint density at radius 3 is 2.36 bits per heavy atom. The maximum Gasteiger partial charge on any atom is 0.435 e. The number of rotatable bonds is 4. The summed E-state index contributed by atoms with van der Waals surface area (Å²) < 4.78 is 39.5. The number of hydrogen-bond donors (Lipinski definition) is 2. The van der Waals surface area contributed by atoms with E-state index in [0.29, 0.717) is 17.8 Å². The van der Waals surface area contributed by atoms with E-state index in [-0.39, 0.29) is 0 Å². The van der Waals surface area contributed by atoms with E-state index in [2.05, 4.69) is 20.4 Å². The van der Waals surface area contributed by atoms with Crippen LogP contribution >= 0.6 is 0 Å². The molecule has 0 saturated carbocycles. The molecular formula is C17H18F3N5. The normalized spacial score (nSPS) is 11.8. The van der Waals surface area contributed by atoms with Crippen molar-refractivity contribution < 1.29 is 13.2 Å². The second kappa shape index (κ2) is 6.27. The van der Waals surface area contributed by atoms with Gasteiger partial charge in [-0.2, -0.15) is 18.3 Å². The van der Waals surface area contributed by atoms with E-state index in [1.54, 1.807) is 12.1 Å². The summed E-state index contributed by atoms with van der Waals surface area (Å²) in [6.45, 7) is 4.44. The largest absolute Gasteiger partial charge is 0.435 e. The number of halogens is 3. The highest BCUT2D eigenvalue weighted by molar-refractivity contribution is 5.63. The summed E-state index contributed by atoms with van der Waals surface area (Å²) in [7, 11) is 1.50. The van der Waals surface area contributed by atoms with Gasteiger partial charge in [-0.1, -0.05) is 12.1 Å². The second-order valence-electron chi connectivity index (χ2n) is 5.86. The SMILES string of the molecule is Cc1nc(CNc2ccc(-c3cc(C(F)(F)F)nn3C)cc2)[nH]c1C. The fourth-order valence-corrected chi connectivity index (χ4v) is 2.53. The molecular weight excluding hydrogens is 331 g/mol. The average Bonchev–Trinajstić information content (AvgIpc) is 3.09. The zero-order chi connectivity index (χ0) is 18.2. The minimum Gasteiger partial charge on any atom is -0.378 e. The number of nitrogens with one attached hydrogen (secondary N) is 2. The Hall–Kier alpha value is -2.77. The molecule has 0 aliphatic heterocycles. The summed E-state index contributed by atoms with van der Waals surface area (Å²) in [5.41, 5.74) is 3.04. The van der Waals surface area contributed by atoms with Gasteiger partial charge in [-0.15, -0.1) is 0 Å². The second-order valence-corrected chi connectivity index (χ2v) is 5.86. The number of nitrogens with zero attached hydrogens (tertiary/aromatic N) is 3. The molecule has 0 aliphatic carbocycles. The lowest BCUT2D eigenvalue weighted by Gasteiger charge is -2.06. The summed E-state index contributed by atoms with van der Waals surface area (Å²) in [4.78, 5) is 7.58. The van der Waals surface area contributed by atoms with Crippen molar-refractivity contribution in [3.05, 3.63) is 53.2 Å². The number of hydrogen-bond acceptors (Lipinski definition) is 3. The predicted octanol–water partition coefficient (Wildman–Crippen LogP) is 4.06. The maximum absolute atomic E-state index is 12.8. The van der Waals surface area contributed by atoms with Gasteiger partial charge in [0.15, 0.2) is 5.69 Å². The molecule has 5 nitrogen and oxygen atoms in total. The molecule has 0 radical (unpaired) electrons. The predicted molar refractivity (Wildman–Crippen MR) is 89.0 cm³/mol. The van der Waals surface area contributed by atoms with Crippen molar-refractivity contribution in [1.82, 2.24) is 19.7 Å². The maximum atomic E-state index is 12.8. The van der Waals surface area contributed by atoms with Crippen LogP contribution in [0.5, 0.6) is 0 Å². The van der Waals surface area contributed by atoms with Gasteiger partial charge in [0.2, 0.25) is 0 Å². The van der Waals surface area contributed by atoms with Crippen LogP contribution in [-0.4, -0.2) is 19.7 Å². The average molecular weight is 349 g/mol. The molecule has 0 atom stereocenters. The Balaban J connectivity index is 1.73. The van der Waals surface area contributed by atoms with Gasteiger partial charge in [0.25, 0.3) is 0 Å². The van der Waals surface area contributed by atoms with Crippen molar-refractivity contribution in [3.63, 3.8) is 0 Å². The summed E-state index contributed by atoms with van der Waals surface area (Å²) >= 11 is 0. The minimum atomic E-state index is -4.45. The lowest BCUT2D eigenvalue weighted by molar-refractivity contribution is -0.141. The van der Waals surface area contributed by atoms with E-state index >= 15 is 0 Å². The summed E-state index contributed by atoms with van der Waals surface area (Å²) in [5.74, 6) is 0.834. The quantitative estimate of drug-likeness (QED) is 0.747. The lowest BCUT2D eigenvalue weighted by atomic mass is 10.1. The molecule has 0 aliphatic rings. The molecule has 3 aromatic rings. The Labute approximate surface area is 142 Å². The van der Waals surface area contributed by atoms with Gasteiger partial charge >= 0.3 is 6.18 Å². The molecule has 2 heterocycles. The lowest BCUT2D eigenvalue weighted by Crippen LogP contribution is -2.06. The monoisotopic (exact) mass is 349 g/mol. The first-order valence-corrected chi connectivity index (χ1v) is 7.71. The molecule has 1 aromatic carbocycles. The first kappa shape index (κ1) is 17.1. The number of aryl methyl sites for hydroxylation is 3. The van der Waals surface area contributed by atoms with Gasteiger partial charge in [-0.05, 0) is 37.6 Å². The van der Waals surface area contributed by atoms with Crippen LogP contribution in [0.1, 0.15) is 22.9 Å². The molecule has 2 N–H and O–H groups in total. The Morgan fingerprint density at radius 2 is 1.84 bits per heavy atom. The van der Waals surface area contributed by atoms with Crippen molar-refractivity contribution in [3.8, 4) is 11.3 Å². The third kappa shape index (κ3) is 3.67. The van der Waals surface area contributed by atoms with E-state index in [1.807, 2.05) is 26.0 Å². The van der Waals surface area contributed by atoms with Crippen LogP contribution < -0.4 is 5.32 Å². The first-order valence-electron chi connectivity index (χ1n) is 7.71. The summed E-state index contributed by atoms with van der Waals surface area (Å²) in [6.07, 6.45) is -4.45. The number of aromatic nitrogens is 4. The Kier molecular flexibility index (Phi) is 4.28. The standard InChI is InChI=1S/C17H18F3N5/c1-10-11(2)23-16(22-10)9-21-13-6-4-12(5-7-13)14-8-15(17(18,19)20)24-25(14)3/h4-8,21H,9H2,1-3H3,(H,22,23). The van der Waals surface area contributed by atoms with Crippen molar-refractivity contribution in [2.45, 2.75) is 26.6 Å². The number of alkyl halides is 3. The van der Waals surface area contributed by atoms with E-state index in [1.165, 1.54) is 11.7 Å². The zero-order valence-electron chi connectivity index (χ0n) is 14.1. The van der Waals surface area contributed by atoms with Crippen LogP contribution in [0, 0.1) is 13.8 Å². The van der Waals surface area contributed by atoms with Crippen molar-refractivity contribution >= 4 is 5.69 Å². The molecule has 0 bridgehead atoms. The molecule has 0 saturated heterocycles. The fraction of sp³-hybridized carbons (Fsp3) is 0.294. The van der Waals surface area contributed by atoms with Gasteiger partial charge in [0.05, 0.1) is 17.9 Å². The number of H-pyrrole nitrogens is 1. The highest BCUT2D eigenvalue weighted by Crippen LogP contribution is 2.31. The highest BCUT2D eigenvalue weighted by atomic mass is 19.4. The van der Waals surface area contributed by atoms with Crippen LogP contribution in [0.2, 0.25) is 0 Å². The van der Waals surface area contributed by atoms with Gasteiger partial charge in [0.1, 0.15) is 5.82 Å². The molecule has 8 heteroatoms. The Bertz CT molecular complexity index is 855. The molecule has 0 unspecified atom stereocenters. The van der Waals surface area contributed by atoms with Crippen LogP contribution in [0.25, 0.3) is 11.3 Å². The molecule has 3 rings (SSSR count). The Morgan fingerprint density at radius 1 is 1.16 bits per heavy atom.